The number of non-ortho nitro benzene ring substituents is 1. The zero-order valence-corrected chi connectivity index (χ0v) is 11.7. The Morgan fingerprint density at radius 1 is 1.23 bits per heavy atom. The Balaban J connectivity index is 2.33. The van der Waals surface area contributed by atoms with Gasteiger partial charge in [0, 0.05) is 12.1 Å². The van der Waals surface area contributed by atoms with Crippen molar-refractivity contribution in [1.29, 1.82) is 0 Å². The summed E-state index contributed by atoms with van der Waals surface area (Å²) in [6.45, 7) is 1.86. The van der Waals surface area contributed by atoms with E-state index in [1.54, 1.807) is 24.3 Å². The molecule has 0 fully saturated rings. The van der Waals surface area contributed by atoms with E-state index in [1.807, 2.05) is 13.0 Å². The molecule has 0 aliphatic carbocycles. The molecule has 112 valence electrons. The second kappa shape index (κ2) is 6.53. The van der Waals surface area contributed by atoms with Crippen molar-refractivity contribution in [3.8, 4) is 5.75 Å². The van der Waals surface area contributed by atoms with Gasteiger partial charge >= 0.3 is 5.97 Å². The molecule has 0 bridgehead atoms. The van der Waals surface area contributed by atoms with Gasteiger partial charge in [-0.1, -0.05) is 24.3 Å². The van der Waals surface area contributed by atoms with Crippen LogP contribution in [-0.4, -0.2) is 16.0 Å². The predicted octanol–water partition coefficient (Wildman–Crippen LogP) is 3.41. The highest BCUT2D eigenvalue weighted by molar-refractivity contribution is 5.90. The van der Waals surface area contributed by atoms with E-state index in [4.69, 9.17) is 4.74 Å². The number of carboxylic acid groups (broad SMARTS) is 1. The Labute approximate surface area is 126 Å². The summed E-state index contributed by atoms with van der Waals surface area (Å²) in [5, 5.41) is 20.0. The van der Waals surface area contributed by atoms with E-state index < -0.39 is 10.9 Å². The number of ether oxygens (including phenoxy) is 1. The van der Waals surface area contributed by atoms with Crippen LogP contribution in [0, 0.1) is 17.0 Å². The van der Waals surface area contributed by atoms with Gasteiger partial charge in [-0.05, 0) is 36.3 Å². The Morgan fingerprint density at radius 3 is 2.59 bits per heavy atom. The number of nitro benzene ring substituents is 1. The van der Waals surface area contributed by atoms with Gasteiger partial charge in [-0.15, -0.1) is 0 Å². The minimum Gasteiger partial charge on any atom is -0.475 e. The fourth-order valence-electron chi connectivity index (χ4n) is 1.82. The van der Waals surface area contributed by atoms with E-state index in [1.165, 1.54) is 24.3 Å². The maximum atomic E-state index is 11.3. The molecule has 0 atom stereocenters. The third-order valence-electron chi connectivity index (χ3n) is 2.81. The molecule has 0 saturated carbocycles. The Bertz CT molecular complexity index is 752. The number of aliphatic carboxylic acids is 1. The Kier molecular flexibility index (Phi) is 4.53. The number of carbonyl (C=O) groups is 1. The zero-order valence-electron chi connectivity index (χ0n) is 11.7. The van der Waals surface area contributed by atoms with Gasteiger partial charge in [0.05, 0.1) is 4.92 Å². The van der Waals surface area contributed by atoms with E-state index >= 15 is 0 Å². The summed E-state index contributed by atoms with van der Waals surface area (Å²) in [6.07, 6.45) is 1.25. The predicted molar refractivity (Wildman–Crippen MR) is 80.5 cm³/mol. The SMILES string of the molecule is Cc1cccc(O/C(=C\c2cccc([N+](=O)[O-])c2)C(=O)O)c1. The highest BCUT2D eigenvalue weighted by Crippen LogP contribution is 2.19. The molecule has 0 spiro atoms. The normalized spacial score (nSPS) is 11.0. The van der Waals surface area contributed by atoms with Gasteiger partial charge in [0.1, 0.15) is 5.75 Å². The average Bonchev–Trinajstić information content (AvgIpc) is 2.47. The molecule has 0 unspecified atom stereocenters. The minimum atomic E-state index is -1.26. The standard InChI is InChI=1S/C16H13NO5/c1-11-4-2-7-14(8-11)22-15(16(18)19)10-12-5-3-6-13(9-12)17(20)21/h2-10H,1H3,(H,18,19)/b15-10-. The van der Waals surface area contributed by atoms with E-state index in [-0.39, 0.29) is 11.4 Å². The van der Waals surface area contributed by atoms with Crippen LogP contribution in [0.2, 0.25) is 0 Å². The molecule has 2 aromatic rings. The number of carboxylic acids is 1. The first-order valence-corrected chi connectivity index (χ1v) is 6.39. The molecule has 22 heavy (non-hydrogen) atoms. The molecule has 0 saturated heterocycles. The summed E-state index contributed by atoms with van der Waals surface area (Å²) in [6, 6.07) is 12.6. The third kappa shape index (κ3) is 3.92. The lowest BCUT2D eigenvalue weighted by atomic mass is 10.2. The molecule has 6 nitrogen and oxygen atoms in total. The molecule has 6 heteroatoms. The van der Waals surface area contributed by atoms with Crippen LogP contribution in [0.1, 0.15) is 11.1 Å². The molecule has 2 aromatic carbocycles. The highest BCUT2D eigenvalue weighted by atomic mass is 16.6. The maximum Gasteiger partial charge on any atom is 0.371 e. The largest absolute Gasteiger partial charge is 0.475 e. The Morgan fingerprint density at radius 2 is 1.95 bits per heavy atom. The molecule has 0 heterocycles. The van der Waals surface area contributed by atoms with Crippen molar-refractivity contribution < 1.29 is 19.6 Å². The smallest absolute Gasteiger partial charge is 0.371 e. The van der Waals surface area contributed by atoms with Crippen LogP contribution in [0.4, 0.5) is 5.69 Å². The second-order valence-electron chi connectivity index (χ2n) is 4.58. The molecule has 0 amide bonds. The average molecular weight is 299 g/mol. The van der Waals surface area contributed by atoms with Crippen LogP contribution in [-0.2, 0) is 4.79 Å². The lowest BCUT2D eigenvalue weighted by Gasteiger charge is -2.07. The molecule has 0 radical (unpaired) electrons. The molecule has 0 aliphatic rings. The first-order valence-electron chi connectivity index (χ1n) is 6.39. The van der Waals surface area contributed by atoms with Gasteiger partial charge in [0.2, 0.25) is 5.76 Å². The van der Waals surface area contributed by atoms with Crippen LogP contribution in [0.3, 0.4) is 0 Å². The van der Waals surface area contributed by atoms with Gasteiger partial charge in [-0.3, -0.25) is 10.1 Å². The van der Waals surface area contributed by atoms with Gasteiger partial charge < -0.3 is 9.84 Å². The lowest BCUT2D eigenvalue weighted by molar-refractivity contribution is -0.384. The number of aryl methyl sites for hydroxylation is 1. The summed E-state index contributed by atoms with van der Waals surface area (Å²) in [7, 11) is 0. The first-order chi connectivity index (χ1) is 10.5. The van der Waals surface area contributed by atoms with Crippen molar-refractivity contribution in [2.24, 2.45) is 0 Å². The number of nitrogens with zero attached hydrogens (tertiary/aromatic N) is 1. The summed E-state index contributed by atoms with van der Waals surface area (Å²) >= 11 is 0. The number of rotatable bonds is 5. The summed E-state index contributed by atoms with van der Waals surface area (Å²) in [5.74, 6) is -1.18. The maximum absolute atomic E-state index is 11.3. The second-order valence-corrected chi connectivity index (χ2v) is 4.58. The summed E-state index contributed by atoms with van der Waals surface area (Å²) in [5.41, 5.74) is 1.19. The summed E-state index contributed by atoms with van der Waals surface area (Å²) < 4.78 is 5.35. The molecule has 1 N–H and O–H groups in total. The van der Waals surface area contributed by atoms with Crippen molar-refractivity contribution in [2.75, 3.05) is 0 Å². The van der Waals surface area contributed by atoms with Crippen LogP contribution in [0.25, 0.3) is 6.08 Å². The van der Waals surface area contributed by atoms with Gasteiger partial charge in [0.15, 0.2) is 0 Å². The number of benzene rings is 2. The Hall–Kier alpha value is -3.15. The van der Waals surface area contributed by atoms with Crippen LogP contribution in [0.15, 0.2) is 54.3 Å². The monoisotopic (exact) mass is 299 g/mol. The van der Waals surface area contributed by atoms with E-state index in [2.05, 4.69) is 0 Å². The van der Waals surface area contributed by atoms with E-state index in [0.717, 1.165) is 5.56 Å². The minimum absolute atomic E-state index is 0.117. The van der Waals surface area contributed by atoms with Crippen LogP contribution in [0.5, 0.6) is 5.75 Å². The van der Waals surface area contributed by atoms with Crippen molar-refractivity contribution in [3.63, 3.8) is 0 Å². The molecule has 2 rings (SSSR count). The topological polar surface area (TPSA) is 89.7 Å². The van der Waals surface area contributed by atoms with Crippen molar-refractivity contribution in [2.45, 2.75) is 6.92 Å². The lowest BCUT2D eigenvalue weighted by Crippen LogP contribution is -2.07. The number of hydrogen-bond acceptors (Lipinski definition) is 4. The van der Waals surface area contributed by atoms with Crippen molar-refractivity contribution in [1.82, 2.24) is 0 Å². The fourth-order valence-corrected chi connectivity index (χ4v) is 1.82. The quantitative estimate of drug-likeness (QED) is 0.395. The molecule has 0 aromatic heterocycles. The van der Waals surface area contributed by atoms with E-state index in [9.17, 15) is 20.0 Å². The van der Waals surface area contributed by atoms with Crippen LogP contribution < -0.4 is 4.74 Å². The number of nitro groups is 1. The zero-order chi connectivity index (χ0) is 16.1. The fraction of sp³-hybridized carbons (Fsp3) is 0.0625. The van der Waals surface area contributed by atoms with Gasteiger partial charge in [0.25, 0.3) is 5.69 Å². The molecule has 0 aliphatic heterocycles. The van der Waals surface area contributed by atoms with Crippen LogP contribution >= 0.6 is 0 Å². The summed E-state index contributed by atoms with van der Waals surface area (Å²) in [4.78, 5) is 21.5. The van der Waals surface area contributed by atoms with Gasteiger partial charge in [-0.25, -0.2) is 4.79 Å². The molecular formula is C16H13NO5. The van der Waals surface area contributed by atoms with E-state index in [0.29, 0.717) is 11.3 Å². The third-order valence-corrected chi connectivity index (χ3v) is 2.81. The van der Waals surface area contributed by atoms with Crippen molar-refractivity contribution in [3.05, 3.63) is 75.5 Å². The highest BCUT2D eigenvalue weighted by Gasteiger charge is 2.12. The first kappa shape index (κ1) is 15.2. The molecular weight excluding hydrogens is 286 g/mol. The van der Waals surface area contributed by atoms with Gasteiger partial charge in [-0.2, -0.15) is 0 Å². The number of hydrogen-bond donors (Lipinski definition) is 1. The van der Waals surface area contributed by atoms with Crippen molar-refractivity contribution >= 4 is 17.7 Å².